The zero-order valence-electron chi connectivity index (χ0n) is 13.7. The van der Waals surface area contributed by atoms with Crippen molar-refractivity contribution in [1.82, 2.24) is 15.3 Å². The molecule has 1 aliphatic rings. The molecule has 124 valence electrons. The Balaban J connectivity index is 1.72. The molecule has 0 aliphatic carbocycles. The summed E-state index contributed by atoms with van der Waals surface area (Å²) in [5, 5.41) is 6.03. The second-order valence-corrected chi connectivity index (χ2v) is 6.00. The molecular formula is C19H17N5O. The van der Waals surface area contributed by atoms with Crippen LogP contribution < -0.4 is 16.4 Å². The van der Waals surface area contributed by atoms with E-state index in [9.17, 15) is 4.79 Å². The molecule has 1 amide bonds. The second kappa shape index (κ2) is 5.90. The van der Waals surface area contributed by atoms with Gasteiger partial charge >= 0.3 is 0 Å². The van der Waals surface area contributed by atoms with Crippen molar-refractivity contribution in [3.05, 3.63) is 65.4 Å². The van der Waals surface area contributed by atoms with Crippen LogP contribution in [0, 0.1) is 6.92 Å². The first kappa shape index (κ1) is 15.1. The molecule has 0 radical (unpaired) electrons. The van der Waals surface area contributed by atoms with Crippen LogP contribution in [0.5, 0.6) is 0 Å². The van der Waals surface area contributed by atoms with Crippen LogP contribution in [0.4, 0.5) is 17.3 Å². The van der Waals surface area contributed by atoms with Crippen LogP contribution >= 0.6 is 0 Å². The fourth-order valence-electron chi connectivity index (χ4n) is 3.04. The van der Waals surface area contributed by atoms with E-state index in [0.717, 1.165) is 28.1 Å². The van der Waals surface area contributed by atoms with Gasteiger partial charge in [-0.3, -0.25) is 4.79 Å². The lowest BCUT2D eigenvalue weighted by Crippen LogP contribution is -2.13. The van der Waals surface area contributed by atoms with Gasteiger partial charge in [-0.2, -0.15) is 0 Å². The number of aryl methyl sites for hydroxylation is 1. The van der Waals surface area contributed by atoms with Crippen LogP contribution in [-0.2, 0) is 6.54 Å². The highest BCUT2D eigenvalue weighted by atomic mass is 16.1. The van der Waals surface area contributed by atoms with Crippen LogP contribution in [-0.4, -0.2) is 15.9 Å². The van der Waals surface area contributed by atoms with E-state index in [4.69, 9.17) is 5.73 Å². The topological polar surface area (TPSA) is 92.9 Å². The largest absolute Gasteiger partial charge is 0.398 e. The first-order chi connectivity index (χ1) is 12.1. The van der Waals surface area contributed by atoms with Crippen molar-refractivity contribution in [2.75, 3.05) is 11.1 Å². The summed E-state index contributed by atoms with van der Waals surface area (Å²) < 4.78 is 0. The summed E-state index contributed by atoms with van der Waals surface area (Å²) in [6.07, 6.45) is 1.70. The molecule has 2 heterocycles. The minimum atomic E-state index is -0.137. The van der Waals surface area contributed by atoms with Crippen LogP contribution in [0.15, 0.2) is 48.7 Å². The minimum Gasteiger partial charge on any atom is -0.398 e. The van der Waals surface area contributed by atoms with Crippen molar-refractivity contribution in [1.29, 1.82) is 0 Å². The summed E-state index contributed by atoms with van der Waals surface area (Å²) in [6, 6.07) is 13.5. The molecule has 4 N–H and O–H groups in total. The Morgan fingerprint density at radius 3 is 2.92 bits per heavy atom. The Morgan fingerprint density at radius 2 is 2.08 bits per heavy atom. The summed E-state index contributed by atoms with van der Waals surface area (Å²) in [6.45, 7) is 2.49. The molecule has 0 saturated heterocycles. The van der Waals surface area contributed by atoms with Gasteiger partial charge in [-0.25, -0.2) is 9.97 Å². The highest BCUT2D eigenvalue weighted by Crippen LogP contribution is 2.32. The molecule has 6 heteroatoms. The number of hydrogen-bond acceptors (Lipinski definition) is 5. The van der Waals surface area contributed by atoms with E-state index in [1.165, 1.54) is 0 Å². The fraction of sp³-hybridized carbons (Fsp3) is 0.105. The van der Waals surface area contributed by atoms with Gasteiger partial charge in [-0.1, -0.05) is 18.2 Å². The molecule has 4 rings (SSSR count). The zero-order chi connectivity index (χ0) is 17.4. The predicted octanol–water partition coefficient (Wildman–Crippen LogP) is 3.02. The summed E-state index contributed by atoms with van der Waals surface area (Å²) in [5.41, 5.74) is 11.6. The number of nitrogens with one attached hydrogen (secondary N) is 2. The Bertz CT molecular complexity index is 983. The molecule has 0 spiro atoms. The van der Waals surface area contributed by atoms with E-state index in [1.54, 1.807) is 12.3 Å². The molecular weight excluding hydrogens is 314 g/mol. The predicted molar refractivity (Wildman–Crippen MR) is 97.5 cm³/mol. The lowest BCUT2D eigenvalue weighted by molar-refractivity contribution is 0.0966. The lowest BCUT2D eigenvalue weighted by Gasteiger charge is -2.10. The van der Waals surface area contributed by atoms with Crippen molar-refractivity contribution in [3.8, 4) is 11.3 Å². The summed E-state index contributed by atoms with van der Waals surface area (Å²) in [4.78, 5) is 20.9. The number of anilines is 3. The fourth-order valence-corrected chi connectivity index (χ4v) is 3.04. The number of nitrogens with zero attached hydrogens (tertiary/aromatic N) is 2. The van der Waals surface area contributed by atoms with Gasteiger partial charge < -0.3 is 16.4 Å². The number of nitrogen functional groups attached to an aromatic ring is 1. The van der Waals surface area contributed by atoms with Crippen LogP contribution in [0.2, 0.25) is 0 Å². The normalized spacial score (nSPS) is 12.6. The van der Waals surface area contributed by atoms with E-state index in [1.807, 2.05) is 43.3 Å². The van der Waals surface area contributed by atoms with Gasteiger partial charge in [0.25, 0.3) is 5.91 Å². The first-order valence-electron chi connectivity index (χ1n) is 7.98. The molecule has 6 nitrogen and oxygen atoms in total. The minimum absolute atomic E-state index is 0.137. The number of nitrogens with two attached hydrogens (primary N) is 1. The van der Waals surface area contributed by atoms with E-state index < -0.39 is 0 Å². The molecule has 2 aromatic carbocycles. The van der Waals surface area contributed by atoms with Gasteiger partial charge in [-0.05, 0) is 42.3 Å². The number of hydrogen-bond donors (Lipinski definition) is 3. The molecule has 3 aromatic rings. The van der Waals surface area contributed by atoms with Crippen molar-refractivity contribution >= 4 is 23.2 Å². The smallest absolute Gasteiger partial charge is 0.254 e. The van der Waals surface area contributed by atoms with Crippen LogP contribution in [0.1, 0.15) is 21.5 Å². The Hall–Kier alpha value is -3.41. The SMILES string of the molecule is Cc1cccc(Nc2nccc(-c3ccc(N)c4c3CNC4=O)n2)c1. The maximum atomic E-state index is 12.0. The molecule has 0 unspecified atom stereocenters. The van der Waals surface area contributed by atoms with Crippen LogP contribution in [0.25, 0.3) is 11.3 Å². The maximum absolute atomic E-state index is 12.0. The highest BCUT2D eigenvalue weighted by Gasteiger charge is 2.25. The monoisotopic (exact) mass is 331 g/mol. The molecule has 1 aromatic heterocycles. The van der Waals surface area contributed by atoms with Gasteiger partial charge in [0, 0.05) is 29.7 Å². The van der Waals surface area contributed by atoms with Crippen molar-refractivity contribution in [2.24, 2.45) is 0 Å². The Labute approximate surface area is 145 Å². The van der Waals surface area contributed by atoms with Crippen molar-refractivity contribution in [3.63, 3.8) is 0 Å². The first-order valence-corrected chi connectivity index (χ1v) is 7.98. The third-order valence-electron chi connectivity index (χ3n) is 4.20. The molecule has 0 bridgehead atoms. The van der Waals surface area contributed by atoms with Gasteiger partial charge in [0.2, 0.25) is 5.95 Å². The number of carbonyl (C=O) groups is 1. The van der Waals surface area contributed by atoms with Gasteiger partial charge in [0.05, 0.1) is 11.3 Å². The zero-order valence-corrected chi connectivity index (χ0v) is 13.7. The van der Waals surface area contributed by atoms with E-state index >= 15 is 0 Å². The Kier molecular flexibility index (Phi) is 3.57. The van der Waals surface area contributed by atoms with Crippen molar-refractivity contribution < 1.29 is 4.79 Å². The van der Waals surface area contributed by atoms with Crippen molar-refractivity contribution in [2.45, 2.75) is 13.5 Å². The Morgan fingerprint density at radius 1 is 1.20 bits per heavy atom. The molecule has 0 fully saturated rings. The number of carbonyl (C=O) groups excluding carboxylic acids is 1. The summed E-state index contributed by atoms with van der Waals surface area (Å²) in [7, 11) is 0. The second-order valence-electron chi connectivity index (χ2n) is 6.00. The maximum Gasteiger partial charge on any atom is 0.254 e. The third-order valence-corrected chi connectivity index (χ3v) is 4.20. The molecule has 1 aliphatic heterocycles. The van der Waals surface area contributed by atoms with Gasteiger partial charge in [-0.15, -0.1) is 0 Å². The molecule has 0 saturated carbocycles. The van der Waals surface area contributed by atoms with E-state index in [-0.39, 0.29) is 5.91 Å². The average molecular weight is 331 g/mol. The average Bonchev–Trinajstić information content (AvgIpc) is 2.98. The van der Waals surface area contributed by atoms with E-state index in [2.05, 4.69) is 20.6 Å². The third kappa shape index (κ3) is 2.78. The van der Waals surface area contributed by atoms with Crippen LogP contribution in [0.3, 0.4) is 0 Å². The standard InChI is InChI=1S/C19H17N5O/c1-11-3-2-4-12(9-11)23-19-21-8-7-16(24-19)13-5-6-15(20)17-14(13)10-22-18(17)25/h2-9H,10,20H2,1H3,(H,22,25)(H,21,23,24). The number of rotatable bonds is 3. The summed E-state index contributed by atoms with van der Waals surface area (Å²) >= 11 is 0. The molecule has 25 heavy (non-hydrogen) atoms. The molecule has 0 atom stereocenters. The highest BCUT2D eigenvalue weighted by molar-refractivity contribution is 6.05. The number of amides is 1. The van der Waals surface area contributed by atoms with Gasteiger partial charge in [0.15, 0.2) is 0 Å². The van der Waals surface area contributed by atoms with E-state index in [0.29, 0.717) is 23.7 Å². The van der Waals surface area contributed by atoms with Gasteiger partial charge in [0.1, 0.15) is 0 Å². The number of aromatic nitrogens is 2. The lowest BCUT2D eigenvalue weighted by atomic mass is 9.99. The number of fused-ring (bicyclic) bond motifs is 1. The number of benzene rings is 2. The summed E-state index contributed by atoms with van der Waals surface area (Å²) in [5.74, 6) is 0.368. The quantitative estimate of drug-likeness (QED) is 0.642.